The molecule has 0 aliphatic carbocycles. The van der Waals surface area contributed by atoms with Gasteiger partial charge in [-0.25, -0.2) is 18.4 Å². The molecule has 4 rings (SSSR count). The van der Waals surface area contributed by atoms with Gasteiger partial charge < -0.3 is 4.90 Å². The Morgan fingerprint density at radius 3 is 2.65 bits per heavy atom. The lowest BCUT2D eigenvalue weighted by Crippen LogP contribution is -2.31. The minimum atomic E-state index is -3.47. The topological polar surface area (TPSA) is 83.5 Å². The Bertz CT molecular complexity index is 1140. The maximum Gasteiger partial charge on any atom is 0.244 e. The molecule has 164 valence electrons. The van der Waals surface area contributed by atoms with Crippen LogP contribution in [0.25, 0.3) is 10.2 Å². The van der Waals surface area contributed by atoms with Crippen molar-refractivity contribution >= 4 is 49.2 Å². The Balaban J connectivity index is 1.36. The highest BCUT2D eigenvalue weighted by molar-refractivity contribution is 7.99. The van der Waals surface area contributed by atoms with E-state index in [1.165, 1.54) is 22.3 Å². The van der Waals surface area contributed by atoms with Crippen molar-refractivity contribution < 1.29 is 13.2 Å². The van der Waals surface area contributed by atoms with Crippen LogP contribution < -0.4 is 0 Å². The molecule has 0 N–H and O–H groups in total. The summed E-state index contributed by atoms with van der Waals surface area (Å²) in [5.74, 6) is 0.184. The number of thiazole rings is 1. The normalized spacial score (nSPS) is 15.9. The van der Waals surface area contributed by atoms with Crippen molar-refractivity contribution in [2.45, 2.75) is 35.7 Å². The predicted molar refractivity (Wildman–Crippen MR) is 124 cm³/mol. The molecule has 7 nitrogen and oxygen atoms in total. The molecule has 1 saturated heterocycles. The first kappa shape index (κ1) is 22.2. The van der Waals surface area contributed by atoms with Gasteiger partial charge in [0.15, 0.2) is 0 Å². The van der Waals surface area contributed by atoms with E-state index in [2.05, 4.69) is 9.97 Å². The highest BCUT2D eigenvalue weighted by Crippen LogP contribution is 2.29. The Hall–Kier alpha value is -2.01. The average Bonchev–Trinajstić information content (AvgIpc) is 3.47. The zero-order valence-corrected chi connectivity index (χ0v) is 19.8. The summed E-state index contributed by atoms with van der Waals surface area (Å²) >= 11 is 2.89. The number of hydrogen-bond acceptors (Lipinski definition) is 7. The Morgan fingerprint density at radius 2 is 1.97 bits per heavy atom. The molecule has 1 aliphatic rings. The molecular weight excluding hydrogens is 452 g/mol. The minimum Gasteiger partial charge on any atom is -0.336 e. The number of para-hydroxylation sites is 1. The van der Waals surface area contributed by atoms with Crippen molar-refractivity contribution in [2.24, 2.45) is 0 Å². The molecule has 1 amide bonds. The number of thioether (sulfide) groups is 1. The fourth-order valence-electron chi connectivity index (χ4n) is 3.37. The van der Waals surface area contributed by atoms with Gasteiger partial charge in [0.05, 0.1) is 27.0 Å². The maximum absolute atomic E-state index is 12.7. The van der Waals surface area contributed by atoms with Gasteiger partial charge in [-0.2, -0.15) is 4.31 Å². The van der Waals surface area contributed by atoms with E-state index in [9.17, 15) is 13.2 Å². The number of carbonyl (C=O) groups excluding carboxylic acids is 1. The van der Waals surface area contributed by atoms with Gasteiger partial charge in [-0.05, 0) is 44.0 Å². The molecule has 0 radical (unpaired) electrons. The summed E-state index contributed by atoms with van der Waals surface area (Å²) in [5.41, 5.74) is 0.942. The quantitative estimate of drug-likeness (QED) is 0.483. The van der Waals surface area contributed by atoms with Gasteiger partial charge in [0.25, 0.3) is 0 Å². The summed E-state index contributed by atoms with van der Waals surface area (Å²) in [6, 6.07) is 11.0. The summed E-state index contributed by atoms with van der Waals surface area (Å²) in [5, 5.41) is 1.52. The minimum absolute atomic E-state index is 0.0349. The second kappa shape index (κ2) is 9.23. The van der Waals surface area contributed by atoms with E-state index in [0.717, 1.165) is 28.1 Å². The van der Waals surface area contributed by atoms with E-state index < -0.39 is 10.0 Å². The van der Waals surface area contributed by atoms with Crippen molar-refractivity contribution in [3.63, 3.8) is 0 Å². The number of benzene rings is 1. The highest BCUT2D eigenvalue weighted by Gasteiger charge is 2.27. The predicted octanol–water partition coefficient (Wildman–Crippen LogP) is 3.79. The lowest BCUT2D eigenvalue weighted by Gasteiger charge is -2.23. The van der Waals surface area contributed by atoms with Gasteiger partial charge in [0, 0.05) is 26.3 Å². The number of fused-ring (bicyclic) bond motifs is 1. The van der Waals surface area contributed by atoms with Crippen molar-refractivity contribution in [1.82, 2.24) is 19.2 Å². The third-order valence-corrected chi connectivity index (χ3v) is 9.42. The van der Waals surface area contributed by atoms with E-state index in [0.29, 0.717) is 18.1 Å². The van der Waals surface area contributed by atoms with Gasteiger partial charge >= 0.3 is 0 Å². The summed E-state index contributed by atoms with van der Waals surface area (Å²) in [6.45, 7) is 3.09. The molecule has 0 spiro atoms. The van der Waals surface area contributed by atoms with Crippen LogP contribution in [0.3, 0.4) is 0 Å². The number of hydrogen-bond donors (Lipinski definition) is 0. The molecule has 31 heavy (non-hydrogen) atoms. The van der Waals surface area contributed by atoms with Crippen molar-refractivity contribution in [3.8, 4) is 0 Å². The molecule has 1 aliphatic heterocycles. The molecule has 0 unspecified atom stereocenters. The first-order valence-electron chi connectivity index (χ1n) is 10.1. The molecule has 0 saturated carbocycles. The first-order chi connectivity index (χ1) is 14.9. The standard InChI is InChI=1S/C21H24N4O3S3/c1-15(21-23-17-7-3-4-8-18(17)30-21)24(2)20(26)14-29-19-10-9-16(13-22-19)31(27,28)25-11-5-6-12-25/h3-4,7-10,13,15H,5-6,11-12,14H2,1-2H3/t15-/m1/s1. The Morgan fingerprint density at radius 1 is 1.23 bits per heavy atom. The molecule has 1 atom stereocenters. The fraction of sp³-hybridized carbons (Fsp3) is 0.381. The van der Waals surface area contributed by atoms with Crippen LogP contribution in [0.1, 0.15) is 30.8 Å². The smallest absolute Gasteiger partial charge is 0.244 e. The van der Waals surface area contributed by atoms with Crippen LogP contribution in [0.4, 0.5) is 0 Å². The van der Waals surface area contributed by atoms with Gasteiger partial charge in [0.2, 0.25) is 15.9 Å². The Kier molecular flexibility index (Phi) is 6.61. The molecule has 10 heteroatoms. The van der Waals surface area contributed by atoms with E-state index in [1.807, 2.05) is 31.2 Å². The maximum atomic E-state index is 12.7. The first-order valence-corrected chi connectivity index (χ1v) is 13.3. The third kappa shape index (κ3) is 4.77. The number of aromatic nitrogens is 2. The number of carbonyl (C=O) groups is 1. The van der Waals surface area contributed by atoms with Crippen LogP contribution in [0, 0.1) is 0 Å². The van der Waals surface area contributed by atoms with E-state index in [-0.39, 0.29) is 22.6 Å². The number of pyridine rings is 1. The molecular formula is C21H24N4O3S3. The monoisotopic (exact) mass is 476 g/mol. The molecule has 1 aromatic carbocycles. The van der Waals surface area contributed by atoms with E-state index in [4.69, 9.17) is 0 Å². The lowest BCUT2D eigenvalue weighted by molar-refractivity contribution is -0.128. The van der Waals surface area contributed by atoms with Crippen molar-refractivity contribution in [2.75, 3.05) is 25.9 Å². The molecule has 0 bridgehead atoms. The van der Waals surface area contributed by atoms with Gasteiger partial charge in [-0.15, -0.1) is 11.3 Å². The third-order valence-electron chi connectivity index (χ3n) is 5.40. The number of nitrogens with zero attached hydrogens (tertiary/aromatic N) is 4. The average molecular weight is 477 g/mol. The van der Waals surface area contributed by atoms with Crippen LogP contribution >= 0.6 is 23.1 Å². The summed E-state index contributed by atoms with van der Waals surface area (Å²) in [4.78, 5) is 23.5. The zero-order valence-electron chi connectivity index (χ0n) is 17.4. The second-order valence-corrected chi connectivity index (χ2v) is 11.4. The molecule has 3 heterocycles. The number of rotatable bonds is 7. The highest BCUT2D eigenvalue weighted by atomic mass is 32.2. The van der Waals surface area contributed by atoms with Gasteiger partial charge in [-0.3, -0.25) is 4.79 Å². The van der Waals surface area contributed by atoms with E-state index in [1.54, 1.807) is 35.4 Å². The van der Waals surface area contributed by atoms with Crippen LogP contribution in [0.15, 0.2) is 52.5 Å². The van der Waals surface area contributed by atoms with Crippen molar-refractivity contribution in [1.29, 1.82) is 0 Å². The van der Waals surface area contributed by atoms with Crippen LogP contribution in [-0.4, -0.2) is 59.4 Å². The second-order valence-electron chi connectivity index (χ2n) is 7.43. The lowest BCUT2D eigenvalue weighted by atomic mass is 10.3. The summed E-state index contributed by atoms with van der Waals surface area (Å²) in [6.07, 6.45) is 3.17. The number of sulfonamides is 1. The van der Waals surface area contributed by atoms with Crippen molar-refractivity contribution in [3.05, 3.63) is 47.6 Å². The number of amides is 1. The molecule has 3 aromatic rings. The zero-order chi connectivity index (χ0) is 22.0. The SMILES string of the molecule is C[C@H](c1nc2ccccc2s1)N(C)C(=O)CSc1ccc(S(=O)(=O)N2CCCC2)cn1. The summed E-state index contributed by atoms with van der Waals surface area (Å²) in [7, 11) is -1.70. The van der Waals surface area contributed by atoms with Crippen LogP contribution in [0.2, 0.25) is 0 Å². The summed E-state index contributed by atoms with van der Waals surface area (Å²) < 4.78 is 27.8. The van der Waals surface area contributed by atoms with Gasteiger partial charge in [0.1, 0.15) is 9.90 Å². The molecule has 2 aromatic heterocycles. The van der Waals surface area contributed by atoms with Crippen LogP contribution in [0.5, 0.6) is 0 Å². The van der Waals surface area contributed by atoms with E-state index >= 15 is 0 Å². The fourth-order valence-corrected chi connectivity index (χ4v) is 6.66. The Labute approximate surface area is 190 Å². The van der Waals surface area contributed by atoms with Crippen LogP contribution in [-0.2, 0) is 14.8 Å². The van der Waals surface area contributed by atoms with Gasteiger partial charge in [-0.1, -0.05) is 23.9 Å². The largest absolute Gasteiger partial charge is 0.336 e. The molecule has 1 fully saturated rings.